The third kappa shape index (κ3) is 2.60. The van der Waals surface area contributed by atoms with Crippen LogP contribution in [0.15, 0.2) is 16.7 Å². The molecule has 128 valence electrons. The van der Waals surface area contributed by atoms with E-state index < -0.39 is 5.97 Å². The van der Waals surface area contributed by atoms with Gasteiger partial charge in [-0.2, -0.15) is 5.10 Å². The van der Waals surface area contributed by atoms with Gasteiger partial charge in [-0.05, 0) is 19.8 Å². The Morgan fingerprint density at radius 2 is 2.21 bits per heavy atom. The largest absolute Gasteiger partial charge is 0.478 e. The minimum Gasteiger partial charge on any atom is -0.478 e. The lowest BCUT2D eigenvalue weighted by atomic mass is 10.1. The maximum Gasteiger partial charge on any atom is 0.339 e. The highest BCUT2D eigenvalue weighted by molar-refractivity contribution is 5.96. The SMILES string of the molecule is CCc1oc(C(=O)N2CCCC2c2cnn(C)c2C)cc1C(=O)O. The van der Waals surface area contributed by atoms with E-state index in [0.717, 1.165) is 24.1 Å². The summed E-state index contributed by atoms with van der Waals surface area (Å²) < 4.78 is 7.32. The molecule has 1 aliphatic heterocycles. The fourth-order valence-electron chi connectivity index (χ4n) is 3.30. The van der Waals surface area contributed by atoms with E-state index in [0.29, 0.717) is 18.7 Å². The highest BCUT2D eigenvalue weighted by Crippen LogP contribution is 2.35. The van der Waals surface area contributed by atoms with Crippen LogP contribution in [0.5, 0.6) is 0 Å². The lowest BCUT2D eigenvalue weighted by molar-refractivity contribution is 0.0686. The van der Waals surface area contributed by atoms with Crippen LogP contribution >= 0.6 is 0 Å². The van der Waals surface area contributed by atoms with Crippen molar-refractivity contribution in [1.82, 2.24) is 14.7 Å². The van der Waals surface area contributed by atoms with Crippen molar-refractivity contribution >= 4 is 11.9 Å². The van der Waals surface area contributed by atoms with Crippen LogP contribution < -0.4 is 0 Å². The van der Waals surface area contributed by atoms with Gasteiger partial charge in [-0.3, -0.25) is 9.48 Å². The molecule has 24 heavy (non-hydrogen) atoms. The second-order valence-corrected chi connectivity index (χ2v) is 6.07. The normalized spacial score (nSPS) is 17.5. The number of carboxylic acids is 1. The lowest BCUT2D eigenvalue weighted by Gasteiger charge is -2.23. The van der Waals surface area contributed by atoms with Crippen LogP contribution in [0.25, 0.3) is 0 Å². The van der Waals surface area contributed by atoms with Crippen LogP contribution in [0.2, 0.25) is 0 Å². The molecule has 0 aromatic carbocycles. The van der Waals surface area contributed by atoms with Gasteiger partial charge in [-0.15, -0.1) is 0 Å². The molecule has 0 radical (unpaired) electrons. The molecule has 1 atom stereocenters. The third-order valence-corrected chi connectivity index (χ3v) is 4.72. The molecule has 3 rings (SSSR count). The van der Waals surface area contributed by atoms with Crippen LogP contribution in [0, 0.1) is 6.92 Å². The Morgan fingerprint density at radius 3 is 2.75 bits per heavy atom. The van der Waals surface area contributed by atoms with Crippen molar-refractivity contribution < 1.29 is 19.1 Å². The summed E-state index contributed by atoms with van der Waals surface area (Å²) in [6, 6.07) is 1.30. The summed E-state index contributed by atoms with van der Waals surface area (Å²) in [6.07, 6.45) is 4.00. The molecule has 1 amide bonds. The van der Waals surface area contributed by atoms with Crippen LogP contribution in [0.3, 0.4) is 0 Å². The van der Waals surface area contributed by atoms with E-state index in [4.69, 9.17) is 4.42 Å². The molecule has 1 unspecified atom stereocenters. The molecule has 1 fully saturated rings. The topological polar surface area (TPSA) is 88.6 Å². The van der Waals surface area contributed by atoms with Crippen molar-refractivity contribution in [2.45, 2.75) is 39.2 Å². The number of aromatic carboxylic acids is 1. The van der Waals surface area contributed by atoms with Crippen LogP contribution in [0.1, 0.15) is 63.7 Å². The predicted molar refractivity (Wildman–Crippen MR) is 86.0 cm³/mol. The van der Waals surface area contributed by atoms with Crippen LogP contribution in [0.4, 0.5) is 0 Å². The minimum absolute atomic E-state index is 0.0466. The van der Waals surface area contributed by atoms with E-state index >= 15 is 0 Å². The molecule has 1 saturated heterocycles. The van der Waals surface area contributed by atoms with E-state index in [2.05, 4.69) is 5.10 Å². The molecule has 2 aromatic rings. The Labute approximate surface area is 139 Å². The monoisotopic (exact) mass is 331 g/mol. The second-order valence-electron chi connectivity index (χ2n) is 6.07. The fraction of sp³-hybridized carbons (Fsp3) is 0.471. The molecule has 0 saturated carbocycles. The van der Waals surface area contributed by atoms with Crippen molar-refractivity contribution in [3.8, 4) is 0 Å². The molecule has 7 nitrogen and oxygen atoms in total. The first-order chi connectivity index (χ1) is 11.4. The highest BCUT2D eigenvalue weighted by Gasteiger charge is 2.34. The van der Waals surface area contributed by atoms with Gasteiger partial charge in [0.25, 0.3) is 5.91 Å². The summed E-state index contributed by atoms with van der Waals surface area (Å²) >= 11 is 0. The first-order valence-electron chi connectivity index (χ1n) is 8.09. The zero-order valence-corrected chi connectivity index (χ0v) is 14.1. The zero-order valence-electron chi connectivity index (χ0n) is 14.1. The Balaban J connectivity index is 1.91. The van der Waals surface area contributed by atoms with E-state index in [9.17, 15) is 14.7 Å². The minimum atomic E-state index is -1.07. The van der Waals surface area contributed by atoms with Gasteiger partial charge in [0.05, 0.1) is 12.2 Å². The number of hydrogen-bond acceptors (Lipinski definition) is 4. The van der Waals surface area contributed by atoms with Crippen molar-refractivity contribution in [3.63, 3.8) is 0 Å². The van der Waals surface area contributed by atoms with Gasteiger partial charge >= 0.3 is 5.97 Å². The number of aryl methyl sites for hydroxylation is 2. The highest BCUT2D eigenvalue weighted by atomic mass is 16.4. The molecular weight excluding hydrogens is 310 g/mol. The molecule has 0 aliphatic carbocycles. The average molecular weight is 331 g/mol. The molecule has 3 heterocycles. The Kier molecular flexibility index (Phi) is 4.17. The number of nitrogens with zero attached hydrogens (tertiary/aromatic N) is 3. The second kappa shape index (κ2) is 6.14. The van der Waals surface area contributed by atoms with Gasteiger partial charge in [-0.25, -0.2) is 4.79 Å². The first-order valence-corrected chi connectivity index (χ1v) is 8.09. The van der Waals surface area contributed by atoms with Crippen molar-refractivity contribution in [2.24, 2.45) is 7.05 Å². The maximum absolute atomic E-state index is 12.9. The molecule has 1 N–H and O–H groups in total. The Hall–Kier alpha value is -2.57. The van der Waals surface area contributed by atoms with E-state index in [1.807, 2.05) is 14.0 Å². The molecule has 7 heteroatoms. The number of furan rings is 1. The summed E-state index contributed by atoms with van der Waals surface area (Å²) in [5.41, 5.74) is 2.12. The molecule has 2 aromatic heterocycles. The third-order valence-electron chi connectivity index (χ3n) is 4.72. The van der Waals surface area contributed by atoms with Gasteiger partial charge < -0.3 is 14.4 Å². The van der Waals surface area contributed by atoms with Gasteiger partial charge in [0.1, 0.15) is 11.3 Å². The first kappa shape index (κ1) is 16.3. The number of hydrogen-bond donors (Lipinski definition) is 1. The Morgan fingerprint density at radius 1 is 1.46 bits per heavy atom. The van der Waals surface area contributed by atoms with Gasteiger partial charge in [0.15, 0.2) is 5.76 Å². The Bertz CT molecular complexity index is 790. The summed E-state index contributed by atoms with van der Waals surface area (Å²) in [7, 11) is 1.87. The number of amides is 1. The average Bonchev–Trinajstić information content (AvgIpc) is 3.26. The molecule has 0 spiro atoms. The summed E-state index contributed by atoms with van der Waals surface area (Å²) in [5.74, 6) is -0.907. The summed E-state index contributed by atoms with van der Waals surface area (Å²) in [6.45, 7) is 4.41. The van der Waals surface area contributed by atoms with Crippen molar-refractivity contribution in [1.29, 1.82) is 0 Å². The lowest BCUT2D eigenvalue weighted by Crippen LogP contribution is -2.30. The standard InChI is InChI=1S/C17H21N3O4/c1-4-14-11(17(22)23)8-15(24-14)16(21)20-7-5-6-13(20)12-9-18-19(3)10(12)2/h8-9,13H,4-7H2,1-3H3,(H,22,23). The number of rotatable bonds is 4. The summed E-state index contributed by atoms with van der Waals surface area (Å²) in [5, 5.41) is 13.5. The molecule has 0 bridgehead atoms. The molecular formula is C17H21N3O4. The maximum atomic E-state index is 12.9. The smallest absolute Gasteiger partial charge is 0.339 e. The van der Waals surface area contributed by atoms with Gasteiger partial charge in [0.2, 0.25) is 0 Å². The van der Waals surface area contributed by atoms with E-state index in [1.165, 1.54) is 6.07 Å². The number of likely N-dealkylation sites (tertiary alicyclic amines) is 1. The van der Waals surface area contributed by atoms with E-state index in [1.54, 1.807) is 22.7 Å². The van der Waals surface area contributed by atoms with Crippen molar-refractivity contribution in [3.05, 3.63) is 40.6 Å². The zero-order chi connectivity index (χ0) is 17.4. The quantitative estimate of drug-likeness (QED) is 0.930. The fourth-order valence-corrected chi connectivity index (χ4v) is 3.30. The molecule has 1 aliphatic rings. The summed E-state index contributed by atoms with van der Waals surface area (Å²) in [4.78, 5) is 25.9. The number of aromatic nitrogens is 2. The van der Waals surface area contributed by atoms with E-state index in [-0.39, 0.29) is 23.3 Å². The van der Waals surface area contributed by atoms with Crippen LogP contribution in [-0.2, 0) is 13.5 Å². The number of carbonyl (C=O) groups excluding carboxylic acids is 1. The predicted octanol–water partition coefficient (Wildman–Crippen LogP) is 2.56. The number of carbonyl (C=O) groups is 2. The van der Waals surface area contributed by atoms with Gasteiger partial charge in [0, 0.05) is 37.3 Å². The van der Waals surface area contributed by atoms with Crippen molar-refractivity contribution in [2.75, 3.05) is 6.54 Å². The van der Waals surface area contributed by atoms with Gasteiger partial charge in [-0.1, -0.05) is 6.92 Å². The van der Waals surface area contributed by atoms with Crippen LogP contribution in [-0.4, -0.2) is 38.2 Å². The number of carboxylic acid groups (broad SMARTS) is 1.